The summed E-state index contributed by atoms with van der Waals surface area (Å²) >= 11 is 0. The lowest BCUT2D eigenvalue weighted by Crippen LogP contribution is -2.33. The van der Waals surface area contributed by atoms with E-state index in [0.717, 1.165) is 12.1 Å². The van der Waals surface area contributed by atoms with E-state index >= 15 is 0 Å². The first-order valence-electron chi connectivity index (χ1n) is 11.1. The number of likely N-dealkylation sites (N-methyl/N-ethyl adjacent to an activating group) is 1. The quantitative estimate of drug-likeness (QED) is 0.434. The van der Waals surface area contributed by atoms with Crippen LogP contribution in [0.5, 0.6) is 0 Å². The first-order chi connectivity index (χ1) is 15.9. The number of hydrogen-bond donors (Lipinski definition) is 0. The number of sulfone groups is 1. The number of rotatable bonds is 10. The van der Waals surface area contributed by atoms with E-state index in [2.05, 4.69) is 9.88 Å². The molecule has 0 aliphatic heterocycles. The molecular formula is C25H32FN3O4S. The lowest BCUT2D eigenvalue weighted by molar-refractivity contribution is 0.158. The molecule has 0 unspecified atom stereocenters. The largest absolute Gasteiger partial charge is 0.383 e. The van der Waals surface area contributed by atoms with Crippen LogP contribution in [0, 0.1) is 5.82 Å². The molecule has 0 bridgehead atoms. The van der Waals surface area contributed by atoms with Crippen molar-refractivity contribution in [3.05, 3.63) is 64.5 Å². The van der Waals surface area contributed by atoms with E-state index in [1.807, 2.05) is 13.1 Å². The van der Waals surface area contributed by atoms with Crippen molar-refractivity contribution in [1.29, 1.82) is 0 Å². The molecule has 0 saturated heterocycles. The van der Waals surface area contributed by atoms with Crippen LogP contribution >= 0.6 is 0 Å². The molecule has 0 spiro atoms. The predicted molar refractivity (Wildman–Crippen MR) is 133 cm³/mol. The zero-order valence-corrected chi connectivity index (χ0v) is 21.2. The Labute approximate surface area is 200 Å². The maximum atomic E-state index is 14.9. The summed E-state index contributed by atoms with van der Waals surface area (Å²) in [4.78, 5) is 19.4. The molecule has 2 aromatic carbocycles. The molecule has 0 atom stereocenters. The molecule has 0 amide bonds. The maximum absolute atomic E-state index is 14.9. The molecule has 1 aromatic heterocycles. The molecule has 34 heavy (non-hydrogen) atoms. The van der Waals surface area contributed by atoms with Gasteiger partial charge in [0.1, 0.15) is 5.82 Å². The van der Waals surface area contributed by atoms with Crippen molar-refractivity contribution in [3.63, 3.8) is 0 Å². The van der Waals surface area contributed by atoms with Gasteiger partial charge in [-0.2, -0.15) is 0 Å². The zero-order valence-electron chi connectivity index (χ0n) is 20.3. The van der Waals surface area contributed by atoms with Gasteiger partial charge >= 0.3 is 0 Å². The zero-order chi connectivity index (χ0) is 25.1. The summed E-state index contributed by atoms with van der Waals surface area (Å²) in [5.41, 5.74) is 2.14. The minimum atomic E-state index is -3.26. The summed E-state index contributed by atoms with van der Waals surface area (Å²) in [5, 5.41) is 0.403. The van der Waals surface area contributed by atoms with Crippen molar-refractivity contribution in [2.24, 2.45) is 0 Å². The van der Waals surface area contributed by atoms with Gasteiger partial charge in [-0.05, 0) is 56.6 Å². The molecule has 0 aliphatic rings. The van der Waals surface area contributed by atoms with E-state index in [0.29, 0.717) is 35.2 Å². The Morgan fingerprint density at radius 1 is 1.18 bits per heavy atom. The van der Waals surface area contributed by atoms with Gasteiger partial charge in [-0.15, -0.1) is 0 Å². The molecule has 7 nitrogen and oxygen atoms in total. The summed E-state index contributed by atoms with van der Waals surface area (Å²) in [5.74, 6) is -0.340. The molecule has 9 heteroatoms. The van der Waals surface area contributed by atoms with Crippen LogP contribution < -0.4 is 5.56 Å². The highest BCUT2D eigenvalue weighted by atomic mass is 32.2. The van der Waals surface area contributed by atoms with E-state index in [-0.39, 0.29) is 24.3 Å². The van der Waals surface area contributed by atoms with Gasteiger partial charge in [0.2, 0.25) is 0 Å². The normalized spacial score (nSPS) is 12.6. The second-order valence-corrected chi connectivity index (χ2v) is 12.0. The van der Waals surface area contributed by atoms with Crippen molar-refractivity contribution in [3.8, 4) is 11.1 Å². The van der Waals surface area contributed by atoms with Gasteiger partial charge in [0.15, 0.2) is 9.84 Å². The molecule has 0 N–H and O–H groups in total. The van der Waals surface area contributed by atoms with Gasteiger partial charge < -0.3 is 4.74 Å². The van der Waals surface area contributed by atoms with Crippen molar-refractivity contribution in [1.82, 2.24) is 14.5 Å². The number of hydrogen-bond acceptors (Lipinski definition) is 6. The second kappa shape index (κ2) is 10.3. The summed E-state index contributed by atoms with van der Waals surface area (Å²) in [7, 11) is 0.340. The number of fused-ring (bicyclic) bond motifs is 1. The fraction of sp³-hybridized carbons (Fsp3) is 0.440. The number of halogens is 1. The number of nitrogens with zero attached hydrogens (tertiary/aromatic N) is 3. The third kappa shape index (κ3) is 5.89. The predicted octanol–water partition coefficient (Wildman–Crippen LogP) is 3.49. The monoisotopic (exact) mass is 489 g/mol. The molecule has 0 fully saturated rings. The van der Waals surface area contributed by atoms with Gasteiger partial charge in [0.05, 0.1) is 28.6 Å². The Kier molecular flexibility index (Phi) is 7.90. The fourth-order valence-corrected chi connectivity index (χ4v) is 4.05. The first-order valence-corrected chi connectivity index (χ1v) is 13.0. The van der Waals surface area contributed by atoms with Crippen LogP contribution in [0.2, 0.25) is 0 Å². The minimum absolute atomic E-state index is 0.235. The summed E-state index contributed by atoms with van der Waals surface area (Å²) in [6.45, 7) is 5.49. The van der Waals surface area contributed by atoms with Crippen LogP contribution in [0.3, 0.4) is 0 Å². The third-order valence-corrected chi connectivity index (χ3v) is 8.47. The van der Waals surface area contributed by atoms with Crippen molar-refractivity contribution < 1.29 is 17.5 Å². The Bertz CT molecular complexity index is 1340. The van der Waals surface area contributed by atoms with Gasteiger partial charge in [-0.1, -0.05) is 18.2 Å². The van der Waals surface area contributed by atoms with Crippen LogP contribution in [-0.4, -0.2) is 61.2 Å². The smallest absolute Gasteiger partial charge is 0.261 e. The van der Waals surface area contributed by atoms with E-state index in [1.165, 1.54) is 23.2 Å². The van der Waals surface area contributed by atoms with Gasteiger partial charge in [-0.3, -0.25) is 14.3 Å². The van der Waals surface area contributed by atoms with Crippen molar-refractivity contribution in [2.75, 3.05) is 33.6 Å². The molecule has 1 heterocycles. The van der Waals surface area contributed by atoms with Crippen LogP contribution in [0.4, 0.5) is 4.39 Å². The highest BCUT2D eigenvalue weighted by molar-refractivity contribution is 7.92. The third-order valence-electron chi connectivity index (χ3n) is 6.26. The van der Waals surface area contributed by atoms with Crippen molar-refractivity contribution in [2.45, 2.75) is 38.1 Å². The summed E-state index contributed by atoms with van der Waals surface area (Å²) in [6, 6.07) is 10.2. The molecule has 0 radical (unpaired) electrons. The Balaban J connectivity index is 1.83. The number of aromatic nitrogens is 2. The maximum Gasteiger partial charge on any atom is 0.261 e. The Morgan fingerprint density at radius 3 is 2.56 bits per heavy atom. The first kappa shape index (κ1) is 26.0. The summed E-state index contributed by atoms with van der Waals surface area (Å²) < 4.78 is 44.3. The lowest BCUT2D eigenvalue weighted by atomic mass is 10.0. The number of benzene rings is 2. The molecule has 0 aliphatic carbocycles. The van der Waals surface area contributed by atoms with Crippen molar-refractivity contribution >= 4 is 20.7 Å². The Hall–Kier alpha value is -2.62. The second-order valence-electron chi connectivity index (χ2n) is 9.30. The van der Waals surface area contributed by atoms with Crippen LogP contribution in [0.15, 0.2) is 47.5 Å². The average molecular weight is 490 g/mol. The highest BCUT2D eigenvalue weighted by Crippen LogP contribution is 2.26. The van der Waals surface area contributed by atoms with E-state index < -0.39 is 14.6 Å². The topological polar surface area (TPSA) is 81.5 Å². The number of aryl methyl sites for hydroxylation is 1. The van der Waals surface area contributed by atoms with E-state index in [9.17, 15) is 17.6 Å². The van der Waals surface area contributed by atoms with Crippen LogP contribution in [0.1, 0.15) is 25.8 Å². The molecule has 3 rings (SSSR count). The Morgan fingerprint density at radius 2 is 1.91 bits per heavy atom. The highest BCUT2D eigenvalue weighted by Gasteiger charge is 2.29. The van der Waals surface area contributed by atoms with Crippen LogP contribution in [0.25, 0.3) is 22.0 Å². The summed E-state index contributed by atoms with van der Waals surface area (Å²) in [6.07, 6.45) is 2.90. The average Bonchev–Trinajstić information content (AvgIpc) is 2.76. The SMILES string of the molecule is COCCN(C)Cc1ccc(-c2ccc3c(=O)n(CCC(C)(C)S(C)(=O)=O)cnc3c2)c(F)c1. The number of methoxy groups -OCH3 is 1. The van der Waals surface area contributed by atoms with Gasteiger partial charge in [0.25, 0.3) is 5.56 Å². The van der Waals surface area contributed by atoms with E-state index in [1.54, 1.807) is 45.2 Å². The van der Waals surface area contributed by atoms with Gasteiger partial charge in [-0.25, -0.2) is 17.8 Å². The van der Waals surface area contributed by atoms with E-state index in [4.69, 9.17) is 4.74 Å². The molecule has 3 aromatic rings. The fourth-order valence-electron chi connectivity index (χ4n) is 3.59. The molecule has 184 valence electrons. The lowest BCUT2D eigenvalue weighted by Gasteiger charge is -2.22. The van der Waals surface area contributed by atoms with Gasteiger partial charge in [0, 0.05) is 38.6 Å². The molecule has 0 saturated carbocycles. The standard InChI is InChI=1S/C25H32FN3O4S/c1-25(2,34(5,31)32)10-11-29-17-27-23-15-19(7-9-21(23)24(29)30)20-8-6-18(14-22(20)26)16-28(3)12-13-33-4/h6-9,14-15,17H,10-13,16H2,1-5H3. The molecular weight excluding hydrogens is 457 g/mol. The minimum Gasteiger partial charge on any atom is -0.383 e. The number of ether oxygens (including phenoxy) is 1. The van der Waals surface area contributed by atoms with Crippen LogP contribution in [-0.2, 0) is 27.7 Å².